The van der Waals surface area contributed by atoms with Crippen molar-refractivity contribution >= 4 is 0 Å². The highest BCUT2D eigenvalue weighted by Gasteiger charge is 2.07. The molecule has 0 aliphatic carbocycles. The second-order valence-corrected chi connectivity index (χ2v) is 5.13. The minimum Gasteiger partial charge on any atom is -0.385 e. The first-order valence-electron chi connectivity index (χ1n) is 7.14. The van der Waals surface area contributed by atoms with Crippen LogP contribution in [0.3, 0.4) is 0 Å². The average Bonchev–Trinajstić information content (AvgIpc) is 2.34. The van der Waals surface area contributed by atoms with Crippen molar-refractivity contribution in [3.63, 3.8) is 0 Å². The van der Waals surface area contributed by atoms with Gasteiger partial charge in [0.2, 0.25) is 0 Å². The fourth-order valence-electron chi connectivity index (χ4n) is 1.87. The minimum atomic E-state index is 0.533. The van der Waals surface area contributed by atoms with Crippen molar-refractivity contribution in [2.45, 2.75) is 39.5 Å². The predicted molar refractivity (Wildman–Crippen MR) is 81.0 cm³/mol. The van der Waals surface area contributed by atoms with Gasteiger partial charge < -0.3 is 9.64 Å². The lowest BCUT2D eigenvalue weighted by Crippen LogP contribution is -2.26. The van der Waals surface area contributed by atoms with E-state index in [4.69, 9.17) is 4.74 Å². The van der Waals surface area contributed by atoms with E-state index < -0.39 is 0 Å². The van der Waals surface area contributed by atoms with E-state index in [9.17, 15) is 0 Å². The van der Waals surface area contributed by atoms with E-state index in [1.54, 1.807) is 7.11 Å². The monoisotopic (exact) mass is 253 g/mol. The van der Waals surface area contributed by atoms with Crippen molar-refractivity contribution in [3.8, 4) is 0 Å². The average molecular weight is 253 g/mol. The molecule has 0 heterocycles. The normalized spacial score (nSPS) is 13.4. The van der Waals surface area contributed by atoms with E-state index in [0.29, 0.717) is 5.92 Å². The van der Waals surface area contributed by atoms with Gasteiger partial charge in [0, 0.05) is 20.3 Å². The molecular weight excluding hydrogens is 222 g/mol. The number of nitrogens with zero attached hydrogens (tertiary/aromatic N) is 1. The Bertz CT molecular complexity index is 235. The molecule has 0 bridgehead atoms. The Morgan fingerprint density at radius 3 is 2.72 bits per heavy atom. The summed E-state index contributed by atoms with van der Waals surface area (Å²) in [5.41, 5.74) is 1.24. The molecule has 0 N–H and O–H groups in total. The highest BCUT2D eigenvalue weighted by atomic mass is 16.5. The summed E-state index contributed by atoms with van der Waals surface area (Å²) in [5.74, 6) is 0.533. The standard InChI is InChI=1S/C16H31NO/c1-6-7-8-11-15(2)16(3)14-17(4)12-9-10-13-18-5/h8,11,16H,2,6-7,9-10,12-14H2,1,3-5H3/b11-8-. The molecule has 0 amide bonds. The van der Waals surface area contributed by atoms with Gasteiger partial charge in [-0.05, 0) is 38.8 Å². The maximum absolute atomic E-state index is 5.06. The fraction of sp³-hybridized carbons (Fsp3) is 0.750. The van der Waals surface area contributed by atoms with Gasteiger partial charge in [0.25, 0.3) is 0 Å². The summed E-state index contributed by atoms with van der Waals surface area (Å²) in [7, 11) is 3.95. The van der Waals surface area contributed by atoms with Crippen LogP contribution in [0.2, 0.25) is 0 Å². The van der Waals surface area contributed by atoms with Crippen LogP contribution < -0.4 is 0 Å². The Kier molecular flexibility index (Phi) is 11.1. The van der Waals surface area contributed by atoms with Crippen LogP contribution in [0.4, 0.5) is 0 Å². The van der Waals surface area contributed by atoms with E-state index in [0.717, 1.165) is 32.5 Å². The topological polar surface area (TPSA) is 12.5 Å². The van der Waals surface area contributed by atoms with Gasteiger partial charge in [0.15, 0.2) is 0 Å². The molecule has 1 unspecified atom stereocenters. The van der Waals surface area contributed by atoms with Crippen molar-refractivity contribution in [2.24, 2.45) is 5.92 Å². The molecule has 1 atom stereocenters. The van der Waals surface area contributed by atoms with Gasteiger partial charge in [-0.15, -0.1) is 0 Å². The van der Waals surface area contributed by atoms with E-state index in [1.807, 2.05) is 0 Å². The lowest BCUT2D eigenvalue weighted by atomic mass is 10.0. The lowest BCUT2D eigenvalue weighted by molar-refractivity contribution is 0.186. The van der Waals surface area contributed by atoms with E-state index >= 15 is 0 Å². The van der Waals surface area contributed by atoms with Gasteiger partial charge in [-0.25, -0.2) is 0 Å². The Morgan fingerprint density at radius 1 is 1.39 bits per heavy atom. The van der Waals surface area contributed by atoms with Crippen LogP contribution in [0.15, 0.2) is 24.3 Å². The van der Waals surface area contributed by atoms with Crippen LogP contribution in [-0.2, 0) is 4.74 Å². The molecule has 0 saturated carbocycles. The highest BCUT2D eigenvalue weighted by molar-refractivity contribution is 5.17. The summed E-state index contributed by atoms with van der Waals surface area (Å²) < 4.78 is 5.06. The summed E-state index contributed by atoms with van der Waals surface area (Å²) in [6.45, 7) is 11.7. The zero-order chi connectivity index (χ0) is 13.8. The van der Waals surface area contributed by atoms with Crippen LogP contribution in [0.1, 0.15) is 39.5 Å². The Labute approximate surface area is 114 Å². The number of hydrogen-bond donors (Lipinski definition) is 0. The quantitative estimate of drug-likeness (QED) is 0.409. The summed E-state index contributed by atoms with van der Waals surface area (Å²) in [4.78, 5) is 2.39. The smallest absolute Gasteiger partial charge is 0.0462 e. The molecule has 2 nitrogen and oxygen atoms in total. The molecule has 0 aromatic heterocycles. The molecule has 2 heteroatoms. The molecule has 0 aromatic rings. The van der Waals surface area contributed by atoms with Crippen molar-refractivity contribution in [3.05, 3.63) is 24.3 Å². The summed E-state index contributed by atoms with van der Waals surface area (Å²) in [6, 6.07) is 0. The lowest BCUT2D eigenvalue weighted by Gasteiger charge is -2.21. The highest BCUT2D eigenvalue weighted by Crippen LogP contribution is 2.12. The van der Waals surface area contributed by atoms with Crippen LogP contribution in [0.25, 0.3) is 0 Å². The molecule has 0 aromatic carbocycles. The van der Waals surface area contributed by atoms with Gasteiger partial charge >= 0.3 is 0 Å². The zero-order valence-electron chi connectivity index (χ0n) is 12.7. The van der Waals surface area contributed by atoms with E-state index in [2.05, 4.69) is 44.5 Å². The summed E-state index contributed by atoms with van der Waals surface area (Å²) in [5, 5.41) is 0. The third kappa shape index (κ3) is 9.43. The van der Waals surface area contributed by atoms with E-state index in [1.165, 1.54) is 18.4 Å². The molecule has 0 fully saturated rings. The van der Waals surface area contributed by atoms with Gasteiger partial charge in [-0.2, -0.15) is 0 Å². The molecule has 0 aliphatic heterocycles. The van der Waals surface area contributed by atoms with Crippen molar-refractivity contribution in [1.82, 2.24) is 4.90 Å². The molecule has 106 valence electrons. The molecule has 0 saturated heterocycles. The van der Waals surface area contributed by atoms with Gasteiger partial charge in [-0.1, -0.05) is 44.6 Å². The second-order valence-electron chi connectivity index (χ2n) is 5.13. The minimum absolute atomic E-state index is 0.533. The number of rotatable bonds is 11. The van der Waals surface area contributed by atoms with Crippen molar-refractivity contribution < 1.29 is 4.74 Å². The fourth-order valence-corrected chi connectivity index (χ4v) is 1.87. The van der Waals surface area contributed by atoms with Crippen molar-refractivity contribution in [1.29, 1.82) is 0 Å². The first-order valence-corrected chi connectivity index (χ1v) is 7.14. The van der Waals surface area contributed by atoms with E-state index in [-0.39, 0.29) is 0 Å². The Balaban J connectivity index is 3.77. The first-order chi connectivity index (χ1) is 8.61. The van der Waals surface area contributed by atoms with Crippen LogP contribution in [0, 0.1) is 5.92 Å². The maximum Gasteiger partial charge on any atom is 0.0462 e. The number of allylic oxidation sites excluding steroid dienone is 2. The molecule has 0 spiro atoms. The SMILES string of the molecule is C=C(/C=C\CCC)C(C)CN(C)CCCCOC. The number of ether oxygens (including phenoxy) is 1. The third-order valence-corrected chi connectivity index (χ3v) is 3.14. The zero-order valence-corrected chi connectivity index (χ0v) is 12.7. The molecule has 18 heavy (non-hydrogen) atoms. The Hall–Kier alpha value is -0.600. The molecular formula is C16H31NO. The molecule has 0 radical (unpaired) electrons. The summed E-state index contributed by atoms with van der Waals surface area (Å²) >= 11 is 0. The molecule has 0 aliphatic rings. The maximum atomic E-state index is 5.06. The first kappa shape index (κ1) is 17.4. The number of hydrogen-bond acceptors (Lipinski definition) is 2. The largest absolute Gasteiger partial charge is 0.385 e. The van der Waals surface area contributed by atoms with Crippen LogP contribution in [-0.4, -0.2) is 38.8 Å². The summed E-state index contributed by atoms with van der Waals surface area (Å²) in [6.07, 6.45) is 9.13. The van der Waals surface area contributed by atoms with Gasteiger partial charge in [-0.3, -0.25) is 0 Å². The van der Waals surface area contributed by atoms with Crippen molar-refractivity contribution in [2.75, 3.05) is 33.9 Å². The third-order valence-electron chi connectivity index (χ3n) is 3.14. The number of unbranched alkanes of at least 4 members (excludes halogenated alkanes) is 2. The van der Waals surface area contributed by atoms with Gasteiger partial charge in [0.1, 0.15) is 0 Å². The number of methoxy groups -OCH3 is 1. The van der Waals surface area contributed by atoms with Gasteiger partial charge in [0.05, 0.1) is 0 Å². The Morgan fingerprint density at radius 2 is 2.11 bits per heavy atom. The predicted octanol–water partition coefficient (Wildman–Crippen LogP) is 3.89. The van der Waals surface area contributed by atoms with Crippen LogP contribution in [0.5, 0.6) is 0 Å². The second kappa shape index (κ2) is 11.5. The van der Waals surface area contributed by atoms with Crippen LogP contribution >= 0.6 is 0 Å². The molecule has 0 rings (SSSR count).